The van der Waals surface area contributed by atoms with Crippen molar-refractivity contribution in [3.05, 3.63) is 105 Å². The van der Waals surface area contributed by atoms with Crippen molar-refractivity contribution in [2.45, 2.75) is 6.92 Å². The maximum Gasteiger partial charge on any atom is 0.269 e. The van der Waals surface area contributed by atoms with Crippen molar-refractivity contribution in [2.24, 2.45) is 0 Å². The highest BCUT2D eigenvalue weighted by molar-refractivity contribution is 9.10. The van der Waals surface area contributed by atoms with Crippen molar-refractivity contribution in [1.82, 2.24) is 9.55 Å². The Labute approximate surface area is 186 Å². The lowest BCUT2D eigenvalue weighted by Crippen LogP contribution is -2.27. The van der Waals surface area contributed by atoms with Gasteiger partial charge in [-0.1, -0.05) is 40.2 Å². The van der Waals surface area contributed by atoms with Crippen molar-refractivity contribution >= 4 is 33.6 Å². The Hall–Kier alpha value is -3.58. The molecular weight excluding hydrogens is 459 g/mol. The number of hydrogen-bond donors (Lipinski definition) is 2. The molecule has 4 rings (SSSR count). The summed E-state index contributed by atoms with van der Waals surface area (Å²) >= 11 is 3.39. The minimum atomic E-state index is -0.496. The van der Waals surface area contributed by atoms with Crippen LogP contribution in [0.4, 0.5) is 15.9 Å². The Morgan fingerprint density at radius 1 is 1.06 bits per heavy atom. The van der Waals surface area contributed by atoms with Gasteiger partial charge >= 0.3 is 0 Å². The first kappa shape index (κ1) is 20.7. The van der Waals surface area contributed by atoms with Gasteiger partial charge in [-0.05, 0) is 61.0 Å². The number of benzene rings is 3. The number of nitrogens with one attached hydrogen (secondary N) is 2. The minimum Gasteiger partial charge on any atom is -0.339 e. The van der Waals surface area contributed by atoms with Crippen LogP contribution in [0.5, 0.6) is 0 Å². The highest BCUT2D eigenvalue weighted by Gasteiger charge is 2.20. The van der Waals surface area contributed by atoms with Crippen LogP contribution in [0.25, 0.3) is 17.1 Å². The Kier molecular flexibility index (Phi) is 5.77. The Morgan fingerprint density at radius 3 is 2.48 bits per heavy atom. The second-order valence-electron chi connectivity index (χ2n) is 6.93. The smallest absolute Gasteiger partial charge is 0.269 e. The zero-order valence-corrected chi connectivity index (χ0v) is 18.2. The van der Waals surface area contributed by atoms with Crippen molar-refractivity contribution < 1.29 is 4.39 Å². The van der Waals surface area contributed by atoms with Gasteiger partial charge in [-0.25, -0.2) is 9.37 Å². The summed E-state index contributed by atoms with van der Waals surface area (Å²) in [6, 6.07) is 20.8. The third-order valence-electron chi connectivity index (χ3n) is 4.74. The Balaban J connectivity index is 2.01. The first-order chi connectivity index (χ1) is 15.0. The fraction of sp³-hybridized carbons (Fsp3) is 0.0417. The molecule has 3 aromatic carbocycles. The largest absolute Gasteiger partial charge is 0.339 e. The molecular formula is C24H18BrFN4O. The van der Waals surface area contributed by atoms with E-state index >= 15 is 0 Å². The van der Waals surface area contributed by atoms with Gasteiger partial charge in [0.15, 0.2) is 5.82 Å². The monoisotopic (exact) mass is 476 g/mol. The molecule has 0 saturated heterocycles. The van der Waals surface area contributed by atoms with Crippen LogP contribution in [0.1, 0.15) is 11.1 Å². The molecule has 0 amide bonds. The highest BCUT2D eigenvalue weighted by Crippen LogP contribution is 2.27. The molecule has 31 heavy (non-hydrogen) atoms. The van der Waals surface area contributed by atoms with Gasteiger partial charge in [0.2, 0.25) is 0 Å². The van der Waals surface area contributed by atoms with Crippen LogP contribution in [-0.2, 0) is 0 Å². The molecule has 0 spiro atoms. The summed E-state index contributed by atoms with van der Waals surface area (Å²) in [6.45, 7) is 1.95. The summed E-state index contributed by atoms with van der Waals surface area (Å²) in [6.07, 6.45) is 0.966. The zero-order chi connectivity index (χ0) is 22.0. The van der Waals surface area contributed by atoms with Crippen LogP contribution in [-0.4, -0.2) is 15.8 Å². The number of nitrogens with zero attached hydrogens (tertiary/aromatic N) is 2. The van der Waals surface area contributed by atoms with E-state index in [0.29, 0.717) is 5.69 Å². The molecule has 1 aromatic heterocycles. The number of aryl methyl sites for hydroxylation is 1. The van der Waals surface area contributed by atoms with Crippen molar-refractivity contribution in [1.29, 1.82) is 5.41 Å². The SMILES string of the molecule is Cc1cccc(Nc2nc(-c3ccccc3F)n(-c3ccc(Br)cc3)c(=O)c2C=N)c1. The Morgan fingerprint density at radius 2 is 1.81 bits per heavy atom. The van der Waals surface area contributed by atoms with Crippen LogP contribution in [0, 0.1) is 18.2 Å². The second kappa shape index (κ2) is 8.65. The zero-order valence-electron chi connectivity index (χ0n) is 16.6. The van der Waals surface area contributed by atoms with Crippen molar-refractivity contribution in [3.8, 4) is 17.1 Å². The van der Waals surface area contributed by atoms with Gasteiger partial charge in [-0.15, -0.1) is 0 Å². The lowest BCUT2D eigenvalue weighted by molar-refractivity contribution is 0.629. The van der Waals surface area contributed by atoms with Gasteiger partial charge in [0.05, 0.1) is 11.3 Å². The summed E-state index contributed by atoms with van der Waals surface area (Å²) in [5.41, 5.74) is 2.05. The van der Waals surface area contributed by atoms with Gasteiger partial charge in [0, 0.05) is 16.4 Å². The molecule has 0 saturated carbocycles. The average Bonchev–Trinajstić information content (AvgIpc) is 2.75. The minimum absolute atomic E-state index is 0.0736. The van der Waals surface area contributed by atoms with Crippen LogP contribution in [0.2, 0.25) is 0 Å². The normalized spacial score (nSPS) is 10.7. The van der Waals surface area contributed by atoms with E-state index in [1.54, 1.807) is 42.5 Å². The fourth-order valence-corrected chi connectivity index (χ4v) is 3.54. The first-order valence-electron chi connectivity index (χ1n) is 9.50. The molecule has 0 aliphatic rings. The van der Waals surface area contributed by atoms with E-state index < -0.39 is 11.4 Å². The second-order valence-corrected chi connectivity index (χ2v) is 7.85. The molecule has 0 aliphatic heterocycles. The van der Waals surface area contributed by atoms with E-state index in [2.05, 4.69) is 26.2 Å². The first-order valence-corrected chi connectivity index (χ1v) is 10.3. The molecule has 0 bridgehead atoms. The van der Waals surface area contributed by atoms with Crippen LogP contribution >= 0.6 is 15.9 Å². The lowest BCUT2D eigenvalue weighted by atomic mass is 10.1. The van der Waals surface area contributed by atoms with Gasteiger partial charge in [-0.3, -0.25) is 9.36 Å². The van der Waals surface area contributed by atoms with E-state index in [4.69, 9.17) is 5.41 Å². The topological polar surface area (TPSA) is 70.8 Å². The van der Waals surface area contributed by atoms with Gasteiger partial charge in [-0.2, -0.15) is 0 Å². The molecule has 0 aliphatic carbocycles. The predicted molar refractivity (Wildman–Crippen MR) is 125 cm³/mol. The van der Waals surface area contributed by atoms with E-state index in [1.165, 1.54) is 10.6 Å². The summed E-state index contributed by atoms with van der Waals surface area (Å²) < 4.78 is 16.9. The van der Waals surface area contributed by atoms with Crippen LogP contribution in [0.15, 0.2) is 82.1 Å². The number of anilines is 2. The molecule has 0 atom stereocenters. The van der Waals surface area contributed by atoms with E-state index in [9.17, 15) is 9.18 Å². The number of rotatable bonds is 5. The standard InChI is InChI=1S/C24H18BrFN4O/c1-15-5-4-6-17(13-15)28-22-20(14-27)24(31)30(18-11-9-16(25)10-12-18)23(29-22)19-7-2-3-8-21(19)26/h2-14,27-28H,1H3. The van der Waals surface area contributed by atoms with Gasteiger partial charge < -0.3 is 10.7 Å². The Bertz CT molecular complexity index is 1330. The molecule has 0 radical (unpaired) electrons. The summed E-state index contributed by atoms with van der Waals surface area (Å²) in [5.74, 6) is -0.159. The molecule has 7 heteroatoms. The number of halogens is 2. The maximum absolute atomic E-state index is 14.7. The van der Waals surface area contributed by atoms with Crippen LogP contribution < -0.4 is 10.9 Å². The predicted octanol–water partition coefficient (Wildman–Crippen LogP) is 5.85. The summed E-state index contributed by atoms with van der Waals surface area (Å²) in [7, 11) is 0. The van der Waals surface area contributed by atoms with Crippen LogP contribution in [0.3, 0.4) is 0 Å². The quantitative estimate of drug-likeness (QED) is 0.354. The third-order valence-corrected chi connectivity index (χ3v) is 5.27. The lowest BCUT2D eigenvalue weighted by Gasteiger charge is -2.17. The maximum atomic E-state index is 14.7. The van der Waals surface area contributed by atoms with Crippen molar-refractivity contribution in [2.75, 3.05) is 5.32 Å². The molecule has 0 fully saturated rings. The van der Waals surface area contributed by atoms with Gasteiger partial charge in [0.25, 0.3) is 5.56 Å². The number of hydrogen-bond acceptors (Lipinski definition) is 4. The van der Waals surface area contributed by atoms with Crippen molar-refractivity contribution in [3.63, 3.8) is 0 Å². The molecule has 4 aromatic rings. The average molecular weight is 477 g/mol. The van der Waals surface area contributed by atoms with Gasteiger partial charge in [0.1, 0.15) is 17.2 Å². The molecule has 1 heterocycles. The number of aromatic nitrogens is 2. The summed E-state index contributed by atoms with van der Waals surface area (Å²) in [5, 5.41) is 11.0. The highest BCUT2D eigenvalue weighted by atomic mass is 79.9. The molecule has 5 nitrogen and oxygen atoms in total. The molecule has 0 unspecified atom stereocenters. The van der Waals surface area contributed by atoms with E-state index in [0.717, 1.165) is 21.9 Å². The summed E-state index contributed by atoms with van der Waals surface area (Å²) in [4.78, 5) is 18.1. The van der Waals surface area contributed by atoms with E-state index in [-0.39, 0.29) is 22.8 Å². The van der Waals surface area contributed by atoms with E-state index in [1.807, 2.05) is 31.2 Å². The molecule has 2 N–H and O–H groups in total. The third kappa shape index (κ3) is 4.18. The fourth-order valence-electron chi connectivity index (χ4n) is 3.27. The molecule has 154 valence electrons.